The van der Waals surface area contributed by atoms with E-state index in [0.717, 1.165) is 11.1 Å². The van der Waals surface area contributed by atoms with Crippen molar-refractivity contribution >= 4 is 23.7 Å². The summed E-state index contributed by atoms with van der Waals surface area (Å²) in [6.45, 7) is 3.61. The number of benzene rings is 2. The predicted molar refractivity (Wildman–Crippen MR) is 110 cm³/mol. The lowest BCUT2D eigenvalue weighted by atomic mass is 10.0. The number of amides is 3. The van der Waals surface area contributed by atoms with E-state index >= 15 is 0 Å². The molecule has 1 atom stereocenters. The summed E-state index contributed by atoms with van der Waals surface area (Å²) >= 11 is 0. The maximum absolute atomic E-state index is 12.3. The first kappa shape index (κ1) is 21.2. The standard InChI is InChI=1S/C23H24N2O5/c1-15-8-10-17(11-9-15)20(24-16(2)26)14-21(27)30-13-5-12-25-22(28)18-6-3-4-7-19(18)23(25)29/h3-4,6-11,20H,5,12-14H2,1-2H3,(H,24,26). The molecule has 0 saturated heterocycles. The van der Waals surface area contributed by atoms with Crippen LogP contribution in [0.5, 0.6) is 0 Å². The van der Waals surface area contributed by atoms with E-state index < -0.39 is 12.0 Å². The van der Waals surface area contributed by atoms with Gasteiger partial charge in [0.2, 0.25) is 5.91 Å². The summed E-state index contributed by atoms with van der Waals surface area (Å²) < 4.78 is 5.27. The first-order valence-electron chi connectivity index (χ1n) is 9.81. The number of rotatable bonds is 8. The van der Waals surface area contributed by atoms with Crippen LogP contribution in [0, 0.1) is 6.92 Å². The highest BCUT2D eigenvalue weighted by Gasteiger charge is 2.34. The zero-order valence-corrected chi connectivity index (χ0v) is 17.0. The molecular weight excluding hydrogens is 384 g/mol. The lowest BCUT2D eigenvalue weighted by molar-refractivity contribution is -0.144. The third-order valence-electron chi connectivity index (χ3n) is 4.90. The highest BCUT2D eigenvalue weighted by Crippen LogP contribution is 2.22. The van der Waals surface area contributed by atoms with E-state index in [4.69, 9.17) is 4.74 Å². The van der Waals surface area contributed by atoms with Gasteiger partial charge in [0.1, 0.15) is 0 Å². The quantitative estimate of drug-likeness (QED) is 0.412. The molecule has 1 unspecified atom stereocenters. The Morgan fingerprint density at radius 3 is 2.17 bits per heavy atom. The van der Waals surface area contributed by atoms with Crippen LogP contribution in [0.2, 0.25) is 0 Å². The molecule has 1 aliphatic rings. The molecule has 0 spiro atoms. The van der Waals surface area contributed by atoms with E-state index in [2.05, 4.69) is 5.32 Å². The van der Waals surface area contributed by atoms with Gasteiger partial charge >= 0.3 is 5.97 Å². The summed E-state index contributed by atoms with van der Waals surface area (Å²) in [5, 5.41) is 2.77. The molecule has 3 amide bonds. The Hall–Kier alpha value is -3.48. The fourth-order valence-corrected chi connectivity index (χ4v) is 3.37. The van der Waals surface area contributed by atoms with Gasteiger partial charge in [-0.2, -0.15) is 0 Å². The van der Waals surface area contributed by atoms with Crippen molar-refractivity contribution in [2.24, 2.45) is 0 Å². The minimum absolute atomic E-state index is 0.00431. The molecule has 0 bridgehead atoms. The molecule has 0 radical (unpaired) electrons. The van der Waals surface area contributed by atoms with Crippen molar-refractivity contribution in [2.45, 2.75) is 32.7 Å². The number of esters is 1. The Morgan fingerprint density at radius 1 is 1.00 bits per heavy atom. The number of nitrogens with zero attached hydrogens (tertiary/aromatic N) is 1. The molecule has 0 aromatic heterocycles. The SMILES string of the molecule is CC(=O)NC(CC(=O)OCCCN1C(=O)c2ccccc2C1=O)c1ccc(C)cc1. The Labute approximate surface area is 175 Å². The van der Waals surface area contributed by atoms with Crippen molar-refractivity contribution in [3.63, 3.8) is 0 Å². The summed E-state index contributed by atoms with van der Waals surface area (Å²) in [6.07, 6.45) is 0.336. The largest absolute Gasteiger partial charge is 0.466 e. The zero-order chi connectivity index (χ0) is 21.7. The van der Waals surface area contributed by atoms with Crippen LogP contribution in [-0.2, 0) is 14.3 Å². The molecular formula is C23H24N2O5. The second-order valence-electron chi connectivity index (χ2n) is 7.25. The van der Waals surface area contributed by atoms with Crippen LogP contribution in [0.4, 0.5) is 0 Å². The number of nitrogens with one attached hydrogen (secondary N) is 1. The molecule has 3 rings (SSSR count). The first-order valence-corrected chi connectivity index (χ1v) is 9.81. The molecule has 2 aromatic carbocycles. The number of carbonyl (C=O) groups is 4. The van der Waals surface area contributed by atoms with Crippen LogP contribution in [0.25, 0.3) is 0 Å². The van der Waals surface area contributed by atoms with Crippen molar-refractivity contribution < 1.29 is 23.9 Å². The van der Waals surface area contributed by atoms with Gasteiger partial charge in [0.25, 0.3) is 11.8 Å². The van der Waals surface area contributed by atoms with Crippen LogP contribution in [0.1, 0.15) is 57.7 Å². The third-order valence-corrected chi connectivity index (χ3v) is 4.90. The first-order chi connectivity index (χ1) is 14.4. The summed E-state index contributed by atoms with van der Waals surface area (Å²) in [7, 11) is 0. The Bertz CT molecular complexity index is 933. The van der Waals surface area contributed by atoms with Gasteiger partial charge in [-0.25, -0.2) is 0 Å². The molecule has 1 aliphatic heterocycles. The second-order valence-corrected chi connectivity index (χ2v) is 7.25. The Kier molecular flexibility index (Phi) is 6.61. The monoisotopic (exact) mass is 408 g/mol. The molecule has 30 heavy (non-hydrogen) atoms. The topological polar surface area (TPSA) is 92.8 Å². The number of fused-ring (bicyclic) bond motifs is 1. The average molecular weight is 408 g/mol. The fraction of sp³-hybridized carbons (Fsp3) is 0.304. The van der Waals surface area contributed by atoms with E-state index in [1.807, 2.05) is 31.2 Å². The number of imide groups is 1. The Balaban J connectivity index is 1.49. The maximum Gasteiger partial charge on any atom is 0.308 e. The van der Waals surface area contributed by atoms with Gasteiger partial charge in [-0.05, 0) is 31.0 Å². The number of aryl methyl sites for hydroxylation is 1. The summed E-state index contributed by atoms with van der Waals surface area (Å²) in [6, 6.07) is 13.8. The fourth-order valence-electron chi connectivity index (χ4n) is 3.37. The van der Waals surface area contributed by atoms with Crippen molar-refractivity contribution in [2.75, 3.05) is 13.2 Å². The van der Waals surface area contributed by atoms with Crippen molar-refractivity contribution in [1.82, 2.24) is 10.2 Å². The molecule has 1 N–H and O–H groups in total. The van der Waals surface area contributed by atoms with E-state index in [0.29, 0.717) is 17.5 Å². The van der Waals surface area contributed by atoms with E-state index in [1.54, 1.807) is 24.3 Å². The molecule has 0 fully saturated rings. The van der Waals surface area contributed by atoms with Crippen LogP contribution >= 0.6 is 0 Å². The normalized spacial score (nSPS) is 13.7. The second kappa shape index (κ2) is 9.35. The highest BCUT2D eigenvalue weighted by molar-refractivity contribution is 6.21. The summed E-state index contributed by atoms with van der Waals surface area (Å²) in [5.74, 6) is -1.35. The smallest absolute Gasteiger partial charge is 0.308 e. The van der Waals surface area contributed by atoms with Gasteiger partial charge in [-0.3, -0.25) is 24.1 Å². The van der Waals surface area contributed by atoms with Crippen molar-refractivity contribution in [1.29, 1.82) is 0 Å². The number of hydrogen-bond acceptors (Lipinski definition) is 5. The average Bonchev–Trinajstić information content (AvgIpc) is 2.96. The summed E-state index contributed by atoms with van der Waals surface area (Å²) in [4.78, 5) is 49.6. The van der Waals surface area contributed by atoms with Gasteiger partial charge in [0.05, 0.1) is 30.2 Å². The molecule has 1 heterocycles. The van der Waals surface area contributed by atoms with E-state index in [1.165, 1.54) is 11.8 Å². The molecule has 156 valence electrons. The highest BCUT2D eigenvalue weighted by atomic mass is 16.5. The summed E-state index contributed by atoms with van der Waals surface area (Å²) in [5.41, 5.74) is 2.70. The Morgan fingerprint density at radius 2 is 1.60 bits per heavy atom. The van der Waals surface area contributed by atoms with Gasteiger partial charge in [0, 0.05) is 13.5 Å². The maximum atomic E-state index is 12.3. The van der Waals surface area contributed by atoms with Crippen LogP contribution in [-0.4, -0.2) is 41.7 Å². The predicted octanol–water partition coefficient (Wildman–Crippen LogP) is 2.79. The van der Waals surface area contributed by atoms with Gasteiger partial charge in [0.15, 0.2) is 0 Å². The molecule has 2 aromatic rings. The number of carbonyl (C=O) groups excluding carboxylic acids is 4. The van der Waals surface area contributed by atoms with E-state index in [-0.39, 0.29) is 37.3 Å². The third kappa shape index (κ3) is 4.92. The molecule has 0 aliphatic carbocycles. The van der Waals surface area contributed by atoms with Crippen LogP contribution in [0.15, 0.2) is 48.5 Å². The molecule has 0 saturated carbocycles. The van der Waals surface area contributed by atoms with Crippen LogP contribution in [0.3, 0.4) is 0 Å². The lowest BCUT2D eigenvalue weighted by Gasteiger charge is -2.18. The molecule has 7 nitrogen and oxygen atoms in total. The van der Waals surface area contributed by atoms with Gasteiger partial charge < -0.3 is 10.1 Å². The lowest BCUT2D eigenvalue weighted by Crippen LogP contribution is -2.31. The van der Waals surface area contributed by atoms with Gasteiger partial charge in [-0.15, -0.1) is 0 Å². The number of hydrogen-bond donors (Lipinski definition) is 1. The van der Waals surface area contributed by atoms with Crippen LogP contribution < -0.4 is 5.32 Å². The number of ether oxygens (including phenoxy) is 1. The minimum atomic E-state index is -0.480. The molecule has 7 heteroatoms. The van der Waals surface area contributed by atoms with Gasteiger partial charge in [-0.1, -0.05) is 42.0 Å². The van der Waals surface area contributed by atoms with E-state index in [9.17, 15) is 19.2 Å². The minimum Gasteiger partial charge on any atom is -0.466 e. The van der Waals surface area contributed by atoms with Crippen molar-refractivity contribution in [3.05, 3.63) is 70.8 Å². The zero-order valence-electron chi connectivity index (χ0n) is 17.0. The van der Waals surface area contributed by atoms with Crippen molar-refractivity contribution in [3.8, 4) is 0 Å².